The van der Waals surface area contributed by atoms with Gasteiger partial charge in [0.15, 0.2) is 0 Å². The summed E-state index contributed by atoms with van der Waals surface area (Å²) >= 11 is 7.40. The average molecular weight is 414 g/mol. The summed E-state index contributed by atoms with van der Waals surface area (Å²) in [6, 6.07) is 3.45. The van der Waals surface area contributed by atoms with Crippen molar-refractivity contribution in [2.75, 3.05) is 18.2 Å². The van der Waals surface area contributed by atoms with Crippen molar-refractivity contribution in [3.05, 3.63) is 22.7 Å². The molecule has 1 aromatic carbocycles. The molecule has 0 heterocycles. The number of rotatable bonds is 8. The number of aryl methyl sites for hydroxylation is 1. The van der Waals surface area contributed by atoms with Crippen LogP contribution >= 0.6 is 23.4 Å². The van der Waals surface area contributed by atoms with Gasteiger partial charge in [-0.25, -0.2) is 0 Å². The van der Waals surface area contributed by atoms with Crippen molar-refractivity contribution in [3.8, 4) is 5.75 Å². The molecule has 0 radical (unpaired) electrons. The van der Waals surface area contributed by atoms with Crippen molar-refractivity contribution in [1.29, 1.82) is 0 Å². The molecule has 1 atom stereocenters. The Kier molecular flexibility index (Phi) is 8.77. The highest BCUT2D eigenvalue weighted by Gasteiger charge is 2.24. The summed E-state index contributed by atoms with van der Waals surface area (Å²) < 4.78 is 10.9. The number of hydrogen-bond acceptors (Lipinski definition) is 5. The first kappa shape index (κ1) is 21.9. The maximum absolute atomic E-state index is 12.4. The van der Waals surface area contributed by atoms with E-state index in [2.05, 4.69) is 5.32 Å². The monoisotopic (exact) mass is 413 g/mol. The molecule has 1 fully saturated rings. The zero-order valence-electron chi connectivity index (χ0n) is 16.2. The van der Waals surface area contributed by atoms with E-state index in [1.807, 2.05) is 13.8 Å². The Hall–Kier alpha value is -1.40. The van der Waals surface area contributed by atoms with Gasteiger partial charge in [0.2, 0.25) is 5.91 Å². The third-order valence-electron chi connectivity index (χ3n) is 4.64. The summed E-state index contributed by atoms with van der Waals surface area (Å²) in [6.07, 6.45) is 6.02. The molecule has 1 saturated carbocycles. The van der Waals surface area contributed by atoms with E-state index in [1.54, 1.807) is 12.1 Å². The Morgan fingerprint density at radius 2 is 2.00 bits per heavy atom. The lowest BCUT2D eigenvalue weighted by Crippen LogP contribution is -2.28. The van der Waals surface area contributed by atoms with E-state index >= 15 is 0 Å². The van der Waals surface area contributed by atoms with Crippen molar-refractivity contribution in [3.63, 3.8) is 0 Å². The first-order valence-electron chi connectivity index (χ1n) is 9.40. The molecule has 27 heavy (non-hydrogen) atoms. The second-order valence-corrected chi connectivity index (χ2v) is 8.35. The Bertz CT molecular complexity index is 662. The van der Waals surface area contributed by atoms with Crippen molar-refractivity contribution >= 4 is 40.9 Å². The molecule has 1 N–H and O–H groups in total. The summed E-state index contributed by atoms with van der Waals surface area (Å²) in [5.74, 6) is 0.280. The summed E-state index contributed by atoms with van der Waals surface area (Å²) in [5.41, 5.74) is 1.42. The molecule has 0 saturated heterocycles. The topological polar surface area (TPSA) is 64.6 Å². The number of thioether (sulfide) groups is 1. The molecular formula is C20H28ClNO4S. The van der Waals surface area contributed by atoms with Crippen LogP contribution in [0.2, 0.25) is 5.02 Å². The number of nitrogens with one attached hydrogen (secondary N) is 1. The third kappa shape index (κ3) is 6.61. The normalized spacial score (nSPS) is 15.9. The van der Waals surface area contributed by atoms with E-state index < -0.39 is 0 Å². The highest BCUT2D eigenvalue weighted by atomic mass is 35.5. The van der Waals surface area contributed by atoms with Gasteiger partial charge in [0.1, 0.15) is 17.1 Å². The number of carbonyl (C=O) groups excluding carboxylic acids is 2. The van der Waals surface area contributed by atoms with Crippen LogP contribution in [0.15, 0.2) is 12.1 Å². The molecule has 1 amide bonds. The van der Waals surface area contributed by atoms with Crippen molar-refractivity contribution in [2.45, 2.75) is 63.7 Å². The van der Waals surface area contributed by atoms with Gasteiger partial charge in [-0.15, -0.1) is 11.8 Å². The highest BCUT2D eigenvalue weighted by molar-refractivity contribution is 8.01. The number of methoxy groups -OCH3 is 1. The van der Waals surface area contributed by atoms with E-state index in [4.69, 9.17) is 21.1 Å². The van der Waals surface area contributed by atoms with Crippen LogP contribution in [-0.4, -0.2) is 36.1 Å². The molecule has 1 aliphatic rings. The van der Waals surface area contributed by atoms with E-state index in [-0.39, 0.29) is 29.0 Å². The van der Waals surface area contributed by atoms with Gasteiger partial charge in [0.05, 0.1) is 18.6 Å². The van der Waals surface area contributed by atoms with Crippen LogP contribution in [0.1, 0.15) is 51.0 Å². The second-order valence-electron chi connectivity index (χ2n) is 6.75. The fourth-order valence-electron chi connectivity index (χ4n) is 3.07. The summed E-state index contributed by atoms with van der Waals surface area (Å²) in [4.78, 5) is 24.7. The summed E-state index contributed by atoms with van der Waals surface area (Å²) in [5, 5.41) is 3.09. The molecule has 1 aromatic rings. The Balaban J connectivity index is 1.87. The third-order valence-corrected chi connectivity index (χ3v) is 6.40. The number of amides is 1. The van der Waals surface area contributed by atoms with E-state index in [9.17, 15) is 9.59 Å². The molecule has 1 unspecified atom stereocenters. The SMILES string of the molecule is CCC(SCC(=O)Nc1cc(C)c(Cl)cc1OC)C(=O)OC1CCCCC1. The van der Waals surface area contributed by atoms with Gasteiger partial charge in [-0.1, -0.05) is 24.9 Å². The lowest BCUT2D eigenvalue weighted by molar-refractivity contribution is -0.149. The summed E-state index contributed by atoms with van der Waals surface area (Å²) in [7, 11) is 1.53. The number of benzene rings is 1. The number of hydrogen-bond donors (Lipinski definition) is 1. The minimum atomic E-state index is -0.327. The van der Waals surface area contributed by atoms with E-state index in [0.29, 0.717) is 22.9 Å². The number of carbonyl (C=O) groups is 2. The number of ether oxygens (including phenoxy) is 2. The molecule has 2 rings (SSSR count). The predicted molar refractivity (Wildman–Crippen MR) is 111 cm³/mol. The minimum absolute atomic E-state index is 0.0380. The zero-order valence-corrected chi connectivity index (χ0v) is 17.8. The van der Waals surface area contributed by atoms with Crippen LogP contribution in [0.4, 0.5) is 5.69 Å². The first-order chi connectivity index (χ1) is 12.9. The van der Waals surface area contributed by atoms with Crippen LogP contribution in [0, 0.1) is 6.92 Å². The van der Waals surface area contributed by atoms with Crippen molar-refractivity contribution in [1.82, 2.24) is 0 Å². The van der Waals surface area contributed by atoms with Gasteiger partial charge >= 0.3 is 5.97 Å². The Morgan fingerprint density at radius 3 is 2.63 bits per heavy atom. The maximum atomic E-state index is 12.4. The first-order valence-corrected chi connectivity index (χ1v) is 10.8. The molecule has 0 bridgehead atoms. The second kappa shape index (κ2) is 10.8. The van der Waals surface area contributed by atoms with Crippen molar-refractivity contribution < 1.29 is 19.1 Å². The lowest BCUT2D eigenvalue weighted by Gasteiger charge is -2.24. The summed E-state index contributed by atoms with van der Waals surface area (Å²) in [6.45, 7) is 3.80. The maximum Gasteiger partial charge on any atom is 0.319 e. The number of halogens is 1. The minimum Gasteiger partial charge on any atom is -0.495 e. The standard InChI is InChI=1S/C20H28ClNO4S/c1-4-18(20(24)26-14-8-6-5-7-9-14)27-12-19(23)22-16-10-13(2)15(21)11-17(16)25-3/h10-11,14,18H,4-9,12H2,1-3H3,(H,22,23). The van der Waals surface area contributed by atoms with Gasteiger partial charge in [0, 0.05) is 11.1 Å². The van der Waals surface area contributed by atoms with Gasteiger partial charge < -0.3 is 14.8 Å². The zero-order chi connectivity index (χ0) is 19.8. The van der Waals surface area contributed by atoms with Gasteiger partial charge in [-0.05, 0) is 50.7 Å². The average Bonchev–Trinajstić information content (AvgIpc) is 2.65. The number of anilines is 1. The molecule has 0 aliphatic heterocycles. The van der Waals surface area contributed by atoms with Crippen LogP contribution < -0.4 is 10.1 Å². The largest absolute Gasteiger partial charge is 0.495 e. The fraction of sp³-hybridized carbons (Fsp3) is 0.600. The van der Waals surface area contributed by atoms with E-state index in [0.717, 1.165) is 31.2 Å². The smallest absolute Gasteiger partial charge is 0.319 e. The van der Waals surface area contributed by atoms with Crippen LogP contribution in [0.5, 0.6) is 5.75 Å². The fourth-order valence-corrected chi connectivity index (χ4v) is 4.07. The molecule has 150 valence electrons. The molecule has 1 aliphatic carbocycles. The van der Waals surface area contributed by atoms with E-state index in [1.165, 1.54) is 25.3 Å². The van der Waals surface area contributed by atoms with Gasteiger partial charge in [-0.2, -0.15) is 0 Å². The Labute approximate surface area is 170 Å². The van der Waals surface area contributed by atoms with Crippen molar-refractivity contribution in [2.24, 2.45) is 0 Å². The van der Waals surface area contributed by atoms with Crippen LogP contribution in [0.3, 0.4) is 0 Å². The lowest BCUT2D eigenvalue weighted by atomic mass is 9.98. The van der Waals surface area contributed by atoms with Crippen LogP contribution in [0.25, 0.3) is 0 Å². The predicted octanol–water partition coefficient (Wildman–Crippen LogP) is 4.98. The van der Waals surface area contributed by atoms with Crippen LogP contribution in [-0.2, 0) is 14.3 Å². The molecule has 5 nitrogen and oxygen atoms in total. The molecule has 0 aromatic heterocycles. The Morgan fingerprint density at radius 1 is 1.30 bits per heavy atom. The number of esters is 1. The quantitative estimate of drug-likeness (QED) is 0.608. The van der Waals surface area contributed by atoms with Gasteiger partial charge in [0.25, 0.3) is 0 Å². The molecular weight excluding hydrogens is 386 g/mol. The molecule has 0 spiro atoms. The highest BCUT2D eigenvalue weighted by Crippen LogP contribution is 2.31. The molecule has 7 heteroatoms. The van der Waals surface area contributed by atoms with Gasteiger partial charge in [-0.3, -0.25) is 9.59 Å².